The molecule has 4 aromatic rings. The quantitative estimate of drug-likeness (QED) is 0.379. The van der Waals surface area contributed by atoms with Gasteiger partial charge in [-0.1, -0.05) is 91.7 Å². The first kappa shape index (κ1) is 18.6. The zero-order valence-corrected chi connectivity index (χ0v) is 16.9. The van der Waals surface area contributed by atoms with Crippen LogP contribution in [0.2, 0.25) is 0 Å². The number of fused-ring (bicyclic) bond motifs is 1. The fraction of sp³-hybridized carbons (Fsp3) is 0.185. The van der Waals surface area contributed by atoms with Crippen molar-refractivity contribution in [2.45, 2.75) is 31.7 Å². The average Bonchev–Trinajstić information content (AvgIpc) is 3.33. The zero-order valence-electron chi connectivity index (χ0n) is 16.9. The van der Waals surface area contributed by atoms with Crippen molar-refractivity contribution in [3.05, 3.63) is 100 Å². The summed E-state index contributed by atoms with van der Waals surface area (Å²) in [6, 6.07) is 26.4. The lowest BCUT2D eigenvalue weighted by Crippen LogP contribution is -2.26. The predicted octanol–water partition coefficient (Wildman–Crippen LogP) is 6.35. The predicted molar refractivity (Wildman–Crippen MR) is 124 cm³/mol. The maximum atomic E-state index is 13.5. The highest BCUT2D eigenvalue weighted by Gasteiger charge is 2.24. The van der Waals surface area contributed by atoms with E-state index in [-0.39, 0.29) is 11.6 Å². The second-order valence-corrected chi connectivity index (χ2v) is 7.90. The van der Waals surface area contributed by atoms with Crippen LogP contribution in [0.1, 0.15) is 42.9 Å². The van der Waals surface area contributed by atoms with Crippen molar-refractivity contribution >= 4 is 23.1 Å². The third kappa shape index (κ3) is 3.48. The van der Waals surface area contributed by atoms with Crippen LogP contribution in [0.5, 0.6) is 0 Å². The maximum absolute atomic E-state index is 13.5. The molecule has 1 aliphatic carbocycles. The fourth-order valence-electron chi connectivity index (χ4n) is 4.43. The van der Waals surface area contributed by atoms with Crippen LogP contribution < -0.4 is 5.56 Å². The van der Waals surface area contributed by atoms with E-state index in [2.05, 4.69) is 36.4 Å². The molecule has 0 radical (unpaired) electrons. The molecule has 5 rings (SSSR count). The van der Waals surface area contributed by atoms with Gasteiger partial charge in [-0.05, 0) is 36.1 Å². The van der Waals surface area contributed by atoms with Crippen molar-refractivity contribution in [2.75, 3.05) is 0 Å². The lowest BCUT2D eigenvalue weighted by atomic mass is 10.0. The molecule has 1 saturated carbocycles. The SMILES string of the molecule is O=c1c2ccccc2nc(-c2ccccc2/C=C/c2ccccc2)n1C1CCCC1. The Bertz CT molecular complexity index is 1270. The van der Waals surface area contributed by atoms with Gasteiger partial charge in [0.25, 0.3) is 5.56 Å². The van der Waals surface area contributed by atoms with E-state index in [4.69, 9.17) is 4.98 Å². The Morgan fingerprint density at radius 3 is 2.33 bits per heavy atom. The largest absolute Gasteiger partial charge is 0.289 e. The second-order valence-electron chi connectivity index (χ2n) is 7.90. The van der Waals surface area contributed by atoms with Gasteiger partial charge in [0.15, 0.2) is 0 Å². The Hall–Kier alpha value is -3.46. The highest BCUT2D eigenvalue weighted by atomic mass is 16.1. The van der Waals surface area contributed by atoms with E-state index in [9.17, 15) is 4.79 Å². The summed E-state index contributed by atoms with van der Waals surface area (Å²) in [4.78, 5) is 18.5. The Kier molecular flexibility index (Phi) is 5.02. The highest BCUT2D eigenvalue weighted by Crippen LogP contribution is 2.33. The summed E-state index contributed by atoms with van der Waals surface area (Å²) in [6.45, 7) is 0. The monoisotopic (exact) mass is 392 g/mol. The normalized spacial score (nSPS) is 14.7. The lowest BCUT2D eigenvalue weighted by molar-refractivity contribution is 0.505. The van der Waals surface area contributed by atoms with Crippen molar-refractivity contribution in [3.63, 3.8) is 0 Å². The van der Waals surface area contributed by atoms with Gasteiger partial charge in [0, 0.05) is 11.6 Å². The van der Waals surface area contributed by atoms with Crippen LogP contribution in [0.25, 0.3) is 34.4 Å². The van der Waals surface area contributed by atoms with Gasteiger partial charge in [-0.15, -0.1) is 0 Å². The number of benzene rings is 3. The lowest BCUT2D eigenvalue weighted by Gasteiger charge is -2.20. The molecule has 1 heterocycles. The molecule has 30 heavy (non-hydrogen) atoms. The van der Waals surface area contributed by atoms with E-state index in [1.165, 1.54) is 12.8 Å². The summed E-state index contributed by atoms with van der Waals surface area (Å²) in [5.74, 6) is 0.777. The first-order chi connectivity index (χ1) is 14.8. The number of nitrogens with zero attached hydrogens (tertiary/aromatic N) is 2. The molecule has 1 aliphatic rings. The molecule has 1 aromatic heterocycles. The summed E-state index contributed by atoms with van der Waals surface area (Å²) < 4.78 is 1.96. The molecule has 3 nitrogen and oxygen atoms in total. The number of para-hydroxylation sites is 1. The van der Waals surface area contributed by atoms with E-state index in [1.807, 2.05) is 59.2 Å². The molecular weight excluding hydrogens is 368 g/mol. The molecule has 3 heteroatoms. The zero-order chi connectivity index (χ0) is 20.3. The van der Waals surface area contributed by atoms with E-state index < -0.39 is 0 Å². The fourth-order valence-corrected chi connectivity index (χ4v) is 4.43. The van der Waals surface area contributed by atoms with Gasteiger partial charge in [0.2, 0.25) is 0 Å². The van der Waals surface area contributed by atoms with Crippen LogP contribution in [0.15, 0.2) is 83.7 Å². The van der Waals surface area contributed by atoms with E-state index in [1.54, 1.807) is 0 Å². The molecule has 1 fully saturated rings. The van der Waals surface area contributed by atoms with Crippen LogP contribution in [0.4, 0.5) is 0 Å². The summed E-state index contributed by atoms with van der Waals surface area (Å²) >= 11 is 0. The van der Waals surface area contributed by atoms with E-state index >= 15 is 0 Å². The van der Waals surface area contributed by atoms with E-state index in [0.29, 0.717) is 5.39 Å². The van der Waals surface area contributed by atoms with Crippen LogP contribution in [0.3, 0.4) is 0 Å². The van der Waals surface area contributed by atoms with Gasteiger partial charge in [-0.25, -0.2) is 4.98 Å². The Balaban J connectivity index is 1.71. The van der Waals surface area contributed by atoms with Gasteiger partial charge >= 0.3 is 0 Å². The first-order valence-electron chi connectivity index (χ1n) is 10.6. The second kappa shape index (κ2) is 8.11. The van der Waals surface area contributed by atoms with Gasteiger partial charge in [0.05, 0.1) is 10.9 Å². The Morgan fingerprint density at radius 2 is 1.50 bits per heavy atom. The molecule has 0 amide bonds. The summed E-state index contributed by atoms with van der Waals surface area (Å²) in [7, 11) is 0. The molecule has 0 atom stereocenters. The Morgan fingerprint density at radius 1 is 0.800 bits per heavy atom. The van der Waals surface area contributed by atoms with Crippen molar-refractivity contribution in [1.82, 2.24) is 9.55 Å². The standard InChI is InChI=1S/C27H24N2O/c30-27-24-16-8-9-17-25(24)28-26(29(27)22-13-5-6-14-22)23-15-7-4-12-21(23)19-18-20-10-2-1-3-11-20/h1-4,7-12,15-19,22H,5-6,13-14H2/b19-18+. The molecule has 3 aromatic carbocycles. The number of aromatic nitrogens is 2. The van der Waals surface area contributed by atoms with Crippen LogP contribution in [-0.2, 0) is 0 Å². The maximum Gasteiger partial charge on any atom is 0.261 e. The third-order valence-electron chi connectivity index (χ3n) is 5.95. The summed E-state index contributed by atoms with van der Waals surface area (Å²) in [5.41, 5.74) is 4.04. The minimum absolute atomic E-state index is 0.0735. The molecule has 0 spiro atoms. The van der Waals surface area contributed by atoms with Crippen LogP contribution >= 0.6 is 0 Å². The van der Waals surface area contributed by atoms with E-state index in [0.717, 1.165) is 40.9 Å². The average molecular weight is 393 g/mol. The minimum atomic E-state index is 0.0735. The van der Waals surface area contributed by atoms with Crippen LogP contribution in [0, 0.1) is 0 Å². The number of rotatable bonds is 4. The van der Waals surface area contributed by atoms with Gasteiger partial charge in [0.1, 0.15) is 5.82 Å². The highest BCUT2D eigenvalue weighted by molar-refractivity contribution is 5.83. The van der Waals surface area contributed by atoms with Gasteiger partial charge < -0.3 is 0 Å². The Labute approximate surface area is 176 Å². The smallest absolute Gasteiger partial charge is 0.261 e. The number of hydrogen-bond acceptors (Lipinski definition) is 2. The van der Waals surface area contributed by atoms with Crippen molar-refractivity contribution in [1.29, 1.82) is 0 Å². The molecule has 0 unspecified atom stereocenters. The van der Waals surface area contributed by atoms with Gasteiger partial charge in [-0.3, -0.25) is 9.36 Å². The number of hydrogen-bond donors (Lipinski definition) is 0. The third-order valence-corrected chi connectivity index (χ3v) is 5.95. The van der Waals surface area contributed by atoms with Gasteiger partial charge in [-0.2, -0.15) is 0 Å². The molecule has 148 valence electrons. The summed E-state index contributed by atoms with van der Waals surface area (Å²) in [5, 5.41) is 0.699. The first-order valence-corrected chi connectivity index (χ1v) is 10.6. The van der Waals surface area contributed by atoms with Crippen molar-refractivity contribution < 1.29 is 0 Å². The molecule has 0 N–H and O–H groups in total. The topological polar surface area (TPSA) is 34.9 Å². The van der Waals surface area contributed by atoms with Crippen molar-refractivity contribution in [3.8, 4) is 11.4 Å². The van der Waals surface area contributed by atoms with Crippen molar-refractivity contribution in [2.24, 2.45) is 0 Å². The summed E-state index contributed by atoms with van der Waals surface area (Å²) in [6.07, 6.45) is 8.63. The van der Waals surface area contributed by atoms with Crippen LogP contribution in [-0.4, -0.2) is 9.55 Å². The minimum Gasteiger partial charge on any atom is -0.289 e. The molecule has 0 saturated heterocycles. The molecular formula is C27H24N2O. The molecule has 0 aliphatic heterocycles. The molecule has 0 bridgehead atoms.